The summed E-state index contributed by atoms with van der Waals surface area (Å²) < 4.78 is 0. The minimum atomic E-state index is -1.55. The van der Waals surface area contributed by atoms with E-state index in [0.29, 0.717) is 19.4 Å². The molecule has 0 rings (SSSR count). The first-order valence-electron chi connectivity index (χ1n) is 9.86. The van der Waals surface area contributed by atoms with Gasteiger partial charge in [-0.05, 0) is 31.7 Å². The number of aliphatic hydroxyl groups is 1. The molecule has 0 heterocycles. The lowest BCUT2D eigenvalue weighted by molar-refractivity contribution is -0.143. The monoisotopic (exact) mass is 447 g/mol. The fraction of sp³-hybridized carbons (Fsp3) is 0.722. The third-order valence-corrected chi connectivity index (χ3v) is 4.36. The Morgan fingerprint density at radius 1 is 0.871 bits per heavy atom. The highest BCUT2D eigenvalue weighted by molar-refractivity contribution is 5.94. The lowest BCUT2D eigenvalue weighted by Gasteiger charge is -2.26. The number of carboxylic acids is 2. The average molecular weight is 447 g/mol. The molecule has 0 bridgehead atoms. The van der Waals surface area contributed by atoms with Crippen molar-refractivity contribution in [2.24, 2.45) is 17.4 Å². The molecule has 0 aromatic carbocycles. The Hall–Kier alpha value is -2.77. The van der Waals surface area contributed by atoms with Gasteiger partial charge in [0.25, 0.3) is 0 Å². The number of rotatable bonds is 15. The number of amides is 3. The molecule has 0 aromatic heterocycles. The predicted octanol–water partition coefficient (Wildman–Crippen LogP) is -2.90. The van der Waals surface area contributed by atoms with E-state index in [1.165, 1.54) is 0 Å². The minimum absolute atomic E-state index is 0.143. The van der Waals surface area contributed by atoms with E-state index < -0.39 is 72.8 Å². The summed E-state index contributed by atoms with van der Waals surface area (Å²) in [5, 5.41) is 33.8. The van der Waals surface area contributed by atoms with E-state index in [1.54, 1.807) is 13.8 Å². The van der Waals surface area contributed by atoms with Crippen molar-refractivity contribution in [1.82, 2.24) is 16.0 Å². The van der Waals surface area contributed by atoms with Crippen LogP contribution < -0.4 is 27.4 Å². The van der Waals surface area contributed by atoms with Gasteiger partial charge in [0, 0.05) is 0 Å². The van der Waals surface area contributed by atoms with Crippen LogP contribution in [0.4, 0.5) is 0 Å². The quantitative estimate of drug-likeness (QED) is 0.119. The molecule has 10 N–H and O–H groups in total. The van der Waals surface area contributed by atoms with Gasteiger partial charge in [0.2, 0.25) is 17.7 Å². The number of hydrogen-bond donors (Lipinski definition) is 8. The second-order valence-corrected chi connectivity index (χ2v) is 7.36. The van der Waals surface area contributed by atoms with Crippen LogP contribution in [0, 0.1) is 5.92 Å². The Labute approximate surface area is 179 Å². The Morgan fingerprint density at radius 3 is 1.90 bits per heavy atom. The van der Waals surface area contributed by atoms with E-state index in [9.17, 15) is 24.0 Å². The maximum absolute atomic E-state index is 12.7. The minimum Gasteiger partial charge on any atom is -0.481 e. The molecule has 4 atom stereocenters. The van der Waals surface area contributed by atoms with Gasteiger partial charge in [0.1, 0.15) is 18.1 Å². The lowest BCUT2D eigenvalue weighted by Crippen LogP contribution is -2.58. The molecule has 0 aliphatic carbocycles. The lowest BCUT2D eigenvalue weighted by atomic mass is 10.0. The van der Waals surface area contributed by atoms with Crippen LogP contribution in [0.3, 0.4) is 0 Å². The van der Waals surface area contributed by atoms with Crippen molar-refractivity contribution in [2.75, 3.05) is 13.2 Å². The highest BCUT2D eigenvalue weighted by atomic mass is 16.4. The van der Waals surface area contributed by atoms with E-state index >= 15 is 0 Å². The third kappa shape index (κ3) is 10.7. The molecule has 0 aromatic rings. The topological polar surface area (TPSA) is 234 Å². The summed E-state index contributed by atoms with van der Waals surface area (Å²) in [5.74, 6) is -5.54. The van der Waals surface area contributed by atoms with Crippen molar-refractivity contribution in [3.63, 3.8) is 0 Å². The van der Waals surface area contributed by atoms with E-state index in [0.717, 1.165) is 0 Å². The molecule has 3 amide bonds. The fourth-order valence-corrected chi connectivity index (χ4v) is 2.56. The summed E-state index contributed by atoms with van der Waals surface area (Å²) in [6.07, 6.45) is 0.522. The molecule has 13 heteroatoms. The van der Waals surface area contributed by atoms with Gasteiger partial charge in [-0.2, -0.15) is 0 Å². The van der Waals surface area contributed by atoms with Gasteiger partial charge in [0.05, 0.1) is 19.1 Å². The van der Waals surface area contributed by atoms with Gasteiger partial charge in [0.15, 0.2) is 0 Å². The summed E-state index contributed by atoms with van der Waals surface area (Å²) in [5.41, 5.74) is 11.0. The highest BCUT2D eigenvalue weighted by Gasteiger charge is 2.31. The first kappa shape index (κ1) is 28.2. The van der Waals surface area contributed by atoms with Crippen molar-refractivity contribution in [3.05, 3.63) is 0 Å². The van der Waals surface area contributed by atoms with E-state index in [4.69, 9.17) is 26.8 Å². The molecule has 0 radical (unpaired) electrons. The average Bonchev–Trinajstić information content (AvgIpc) is 2.67. The molecule has 0 aliphatic rings. The molecule has 0 aliphatic heterocycles. The number of carboxylic acid groups (broad SMARTS) is 2. The normalized spacial score (nSPS) is 14.8. The van der Waals surface area contributed by atoms with Crippen molar-refractivity contribution >= 4 is 29.7 Å². The summed E-state index contributed by atoms with van der Waals surface area (Å²) in [6.45, 7) is 2.77. The number of carbonyl (C=O) groups excluding carboxylic acids is 3. The van der Waals surface area contributed by atoms with Crippen LogP contribution in [-0.2, 0) is 24.0 Å². The highest BCUT2D eigenvalue weighted by Crippen LogP contribution is 2.07. The molecular weight excluding hydrogens is 414 g/mol. The van der Waals surface area contributed by atoms with Gasteiger partial charge in [-0.3, -0.25) is 19.2 Å². The number of aliphatic hydroxyl groups excluding tert-OH is 1. The number of nitrogens with two attached hydrogens (primary N) is 2. The van der Waals surface area contributed by atoms with E-state index in [1.807, 2.05) is 0 Å². The van der Waals surface area contributed by atoms with Crippen LogP contribution in [0.2, 0.25) is 0 Å². The van der Waals surface area contributed by atoms with Crippen molar-refractivity contribution in [1.29, 1.82) is 0 Å². The second-order valence-electron chi connectivity index (χ2n) is 7.36. The number of nitrogens with one attached hydrogen (secondary N) is 3. The summed E-state index contributed by atoms with van der Waals surface area (Å²) in [6, 6.07) is -5.17. The molecule has 0 fully saturated rings. The van der Waals surface area contributed by atoms with Crippen molar-refractivity contribution < 1.29 is 39.3 Å². The Kier molecular flexibility index (Phi) is 13.0. The Bertz CT molecular complexity index is 642. The zero-order valence-electron chi connectivity index (χ0n) is 17.7. The van der Waals surface area contributed by atoms with Crippen LogP contribution in [0.25, 0.3) is 0 Å². The SMILES string of the molecule is CC(C)C(NC(=O)C(N)CC(=O)O)C(=O)NC(CCCCN)C(=O)NC(CO)C(=O)O. The molecule has 13 nitrogen and oxygen atoms in total. The van der Waals surface area contributed by atoms with Gasteiger partial charge >= 0.3 is 11.9 Å². The van der Waals surface area contributed by atoms with Crippen molar-refractivity contribution in [2.45, 2.75) is 63.7 Å². The van der Waals surface area contributed by atoms with Crippen LogP contribution in [0.5, 0.6) is 0 Å². The van der Waals surface area contributed by atoms with Crippen LogP contribution in [-0.4, -0.2) is 82.3 Å². The molecule has 0 saturated carbocycles. The van der Waals surface area contributed by atoms with Crippen LogP contribution in [0.1, 0.15) is 39.5 Å². The second kappa shape index (κ2) is 14.3. The Morgan fingerprint density at radius 2 is 1.45 bits per heavy atom. The maximum Gasteiger partial charge on any atom is 0.328 e. The van der Waals surface area contributed by atoms with Crippen LogP contribution in [0.15, 0.2) is 0 Å². The number of unbranched alkanes of at least 4 members (excludes halogenated alkanes) is 1. The number of aliphatic carboxylic acids is 2. The zero-order chi connectivity index (χ0) is 24.1. The predicted molar refractivity (Wildman–Crippen MR) is 108 cm³/mol. The first-order chi connectivity index (χ1) is 14.4. The standard InChI is InChI=1S/C18H33N5O8/c1-9(2)14(23-15(27)10(20)7-13(25)26)17(29)21-11(5-3-4-6-19)16(28)22-12(8-24)18(30)31/h9-12,14,24H,3-8,19-20H2,1-2H3,(H,21,29)(H,22,28)(H,23,27)(H,25,26)(H,30,31). The molecule has 178 valence electrons. The maximum atomic E-state index is 12.7. The number of carbonyl (C=O) groups is 5. The van der Waals surface area contributed by atoms with Gasteiger partial charge in [-0.15, -0.1) is 0 Å². The van der Waals surface area contributed by atoms with Gasteiger partial charge in [-0.1, -0.05) is 13.8 Å². The van der Waals surface area contributed by atoms with Gasteiger partial charge in [-0.25, -0.2) is 4.79 Å². The molecule has 31 heavy (non-hydrogen) atoms. The first-order valence-corrected chi connectivity index (χ1v) is 9.86. The molecule has 4 unspecified atom stereocenters. The smallest absolute Gasteiger partial charge is 0.328 e. The Balaban J connectivity index is 5.34. The largest absolute Gasteiger partial charge is 0.481 e. The van der Waals surface area contributed by atoms with E-state index in [-0.39, 0.29) is 6.42 Å². The van der Waals surface area contributed by atoms with Gasteiger partial charge < -0.3 is 42.7 Å². The summed E-state index contributed by atoms with van der Waals surface area (Å²) in [4.78, 5) is 59.1. The van der Waals surface area contributed by atoms with Crippen LogP contribution >= 0.6 is 0 Å². The molecule has 0 spiro atoms. The van der Waals surface area contributed by atoms with Crippen molar-refractivity contribution in [3.8, 4) is 0 Å². The zero-order valence-corrected chi connectivity index (χ0v) is 17.7. The number of hydrogen-bond acceptors (Lipinski definition) is 8. The third-order valence-electron chi connectivity index (χ3n) is 4.36. The van der Waals surface area contributed by atoms with E-state index in [2.05, 4.69) is 16.0 Å². The summed E-state index contributed by atoms with van der Waals surface area (Å²) in [7, 11) is 0. The molecular formula is C18H33N5O8. The fourth-order valence-electron chi connectivity index (χ4n) is 2.56. The summed E-state index contributed by atoms with van der Waals surface area (Å²) >= 11 is 0. The molecule has 0 saturated heterocycles.